The molecule has 0 saturated carbocycles. The number of ether oxygens (including phenoxy) is 2. The van der Waals surface area contributed by atoms with E-state index in [-0.39, 0.29) is 59.9 Å². The van der Waals surface area contributed by atoms with Crippen LogP contribution in [0.3, 0.4) is 0 Å². The average Bonchev–Trinajstić information content (AvgIpc) is 3.47. The van der Waals surface area contributed by atoms with E-state index in [4.69, 9.17) is 20.2 Å². The van der Waals surface area contributed by atoms with Crippen LogP contribution in [-0.2, 0) is 6.18 Å². The number of fused-ring (bicyclic) bond motifs is 1. The largest absolute Gasteiger partial charge is 0.475 e. The van der Waals surface area contributed by atoms with Gasteiger partial charge in [0.25, 0.3) is 0 Å². The van der Waals surface area contributed by atoms with Gasteiger partial charge in [-0.3, -0.25) is 9.88 Å². The molecule has 0 aromatic carbocycles. The Labute approximate surface area is 260 Å². The molecule has 3 aliphatic heterocycles. The molecule has 3 aliphatic rings. The van der Waals surface area contributed by atoms with Crippen LogP contribution in [0.4, 0.5) is 33.6 Å². The molecule has 7 heterocycles. The Morgan fingerprint density at radius 1 is 1.20 bits per heavy atom. The number of nitrogen functional groups attached to an aromatic ring is 1. The zero-order chi connectivity index (χ0) is 32.4. The summed E-state index contributed by atoms with van der Waals surface area (Å²) >= 11 is 0. The molecule has 7 rings (SSSR count). The number of rotatable bonds is 6. The minimum atomic E-state index is -4.84. The lowest BCUT2D eigenvalue weighted by Crippen LogP contribution is -2.43. The Morgan fingerprint density at radius 2 is 2.02 bits per heavy atom. The standard InChI is InChI=1S/C31H31F5N8O2/c1-16-11-20(21(13-39-16)31(34,35)36)24-23(33)25-22-27(42-29(41-25)46-15-30-6-4-8-43(30)14-18(32)12-30)44(9-10-45-28(22)40-24)17(2)19-5-3-7-38-26(19)37/h3,5,7,11,13,17-18H,4,6,8-10,12,14-15H2,1-2H3,(H2,37,38)/t17-,18-,30+/m1/s1. The molecule has 46 heavy (non-hydrogen) atoms. The van der Waals surface area contributed by atoms with Gasteiger partial charge in [0.15, 0.2) is 5.82 Å². The van der Waals surface area contributed by atoms with Crippen molar-refractivity contribution >= 4 is 22.5 Å². The normalized spacial score (nSPS) is 22.1. The summed E-state index contributed by atoms with van der Waals surface area (Å²) < 4.78 is 85.5. The Kier molecular flexibility index (Phi) is 7.33. The van der Waals surface area contributed by atoms with E-state index in [0.29, 0.717) is 24.7 Å². The highest BCUT2D eigenvalue weighted by atomic mass is 19.4. The molecule has 0 amide bonds. The third-order valence-corrected chi connectivity index (χ3v) is 9.18. The molecule has 0 radical (unpaired) electrons. The molecular weight excluding hydrogens is 611 g/mol. The number of hydrogen-bond donors (Lipinski definition) is 1. The van der Waals surface area contributed by atoms with Crippen molar-refractivity contribution < 1.29 is 31.4 Å². The summed E-state index contributed by atoms with van der Waals surface area (Å²) in [6.07, 6.45) is -1.72. The van der Waals surface area contributed by atoms with E-state index in [9.17, 15) is 17.6 Å². The van der Waals surface area contributed by atoms with Crippen molar-refractivity contribution in [3.63, 3.8) is 0 Å². The average molecular weight is 643 g/mol. The number of alkyl halides is 4. The smallest absolute Gasteiger partial charge is 0.418 e. The van der Waals surface area contributed by atoms with E-state index < -0.39 is 46.6 Å². The number of halogens is 5. The third kappa shape index (κ3) is 5.10. The van der Waals surface area contributed by atoms with E-state index in [2.05, 4.69) is 24.8 Å². The van der Waals surface area contributed by atoms with E-state index >= 15 is 4.39 Å². The number of anilines is 2. The van der Waals surface area contributed by atoms with Crippen molar-refractivity contribution in [1.82, 2.24) is 29.8 Å². The molecule has 0 unspecified atom stereocenters. The van der Waals surface area contributed by atoms with Gasteiger partial charge in [0.05, 0.1) is 23.7 Å². The van der Waals surface area contributed by atoms with Crippen LogP contribution < -0.4 is 20.1 Å². The molecular formula is C31H31F5N8O2. The fourth-order valence-electron chi connectivity index (χ4n) is 6.96. The van der Waals surface area contributed by atoms with E-state index in [1.165, 1.54) is 6.92 Å². The molecule has 0 aliphatic carbocycles. The van der Waals surface area contributed by atoms with Crippen molar-refractivity contribution in [2.24, 2.45) is 0 Å². The van der Waals surface area contributed by atoms with Crippen molar-refractivity contribution in [3.8, 4) is 23.1 Å². The van der Waals surface area contributed by atoms with Crippen LogP contribution in [0.2, 0.25) is 0 Å². The summed E-state index contributed by atoms with van der Waals surface area (Å²) in [6.45, 7) is 4.76. The summed E-state index contributed by atoms with van der Waals surface area (Å²) in [7, 11) is 0. The molecule has 242 valence electrons. The fourth-order valence-corrected chi connectivity index (χ4v) is 6.96. The van der Waals surface area contributed by atoms with Gasteiger partial charge in [-0.25, -0.2) is 18.7 Å². The van der Waals surface area contributed by atoms with Crippen LogP contribution in [0.15, 0.2) is 30.6 Å². The molecule has 15 heteroatoms. The topological polar surface area (TPSA) is 115 Å². The van der Waals surface area contributed by atoms with Crippen LogP contribution in [0.25, 0.3) is 22.2 Å². The predicted molar refractivity (Wildman–Crippen MR) is 159 cm³/mol. The number of pyridine rings is 3. The molecule has 0 bridgehead atoms. The van der Waals surface area contributed by atoms with Gasteiger partial charge >= 0.3 is 12.2 Å². The molecule has 10 nitrogen and oxygen atoms in total. The van der Waals surface area contributed by atoms with Gasteiger partial charge in [-0.2, -0.15) is 23.1 Å². The summed E-state index contributed by atoms with van der Waals surface area (Å²) in [4.78, 5) is 25.2. The monoisotopic (exact) mass is 642 g/mol. The number of hydrogen-bond acceptors (Lipinski definition) is 10. The minimum absolute atomic E-state index is 0.0433. The van der Waals surface area contributed by atoms with Crippen molar-refractivity contribution in [2.75, 3.05) is 43.5 Å². The Morgan fingerprint density at radius 3 is 2.80 bits per heavy atom. The highest BCUT2D eigenvalue weighted by Crippen LogP contribution is 2.45. The van der Waals surface area contributed by atoms with Crippen LogP contribution in [0.1, 0.15) is 49.0 Å². The lowest BCUT2D eigenvalue weighted by atomic mass is 9.95. The van der Waals surface area contributed by atoms with Crippen LogP contribution in [-0.4, -0.2) is 74.4 Å². The van der Waals surface area contributed by atoms with Gasteiger partial charge in [-0.15, -0.1) is 0 Å². The van der Waals surface area contributed by atoms with Crippen LogP contribution >= 0.6 is 0 Å². The lowest BCUT2D eigenvalue weighted by Gasteiger charge is -2.32. The number of aromatic nitrogens is 5. The highest BCUT2D eigenvalue weighted by molar-refractivity contribution is 5.97. The van der Waals surface area contributed by atoms with E-state index in [1.807, 2.05) is 17.9 Å². The van der Waals surface area contributed by atoms with Gasteiger partial charge in [0, 0.05) is 42.2 Å². The SMILES string of the molecule is Cc1cc(-c2nc3c4c(nc(OC[C@@]56CCCN5C[C@H](F)C6)nc4c2F)N([C@H](C)c2cccnc2N)CCO3)c(C(F)(F)F)cn1. The quantitative estimate of drug-likeness (QED) is 0.273. The fraction of sp³-hybridized carbons (Fsp3) is 0.452. The molecule has 0 spiro atoms. The molecule has 4 aromatic heterocycles. The highest BCUT2D eigenvalue weighted by Gasteiger charge is 2.49. The maximum Gasteiger partial charge on any atom is 0.418 e. The van der Waals surface area contributed by atoms with Gasteiger partial charge in [0.1, 0.15) is 47.6 Å². The van der Waals surface area contributed by atoms with Gasteiger partial charge in [0.2, 0.25) is 5.88 Å². The van der Waals surface area contributed by atoms with Crippen LogP contribution in [0.5, 0.6) is 11.9 Å². The molecule has 4 aromatic rings. The first-order valence-electron chi connectivity index (χ1n) is 15.0. The zero-order valence-corrected chi connectivity index (χ0v) is 25.1. The molecule has 2 saturated heterocycles. The van der Waals surface area contributed by atoms with Crippen molar-refractivity contribution in [1.29, 1.82) is 0 Å². The number of aryl methyl sites for hydroxylation is 1. The van der Waals surface area contributed by atoms with Crippen molar-refractivity contribution in [3.05, 3.63) is 53.2 Å². The first kappa shape index (κ1) is 30.3. The molecule has 2 fully saturated rings. The van der Waals surface area contributed by atoms with Gasteiger partial charge in [-0.1, -0.05) is 6.07 Å². The Bertz CT molecular complexity index is 1820. The summed E-state index contributed by atoms with van der Waals surface area (Å²) in [5, 5.41) is 0.0742. The van der Waals surface area contributed by atoms with Gasteiger partial charge in [-0.05, 0) is 45.4 Å². The number of nitrogens with two attached hydrogens (primary N) is 1. The second kappa shape index (κ2) is 11.1. The first-order valence-corrected chi connectivity index (χ1v) is 15.0. The van der Waals surface area contributed by atoms with Gasteiger partial charge < -0.3 is 20.1 Å². The van der Waals surface area contributed by atoms with Crippen molar-refractivity contribution in [2.45, 2.75) is 57.0 Å². The van der Waals surface area contributed by atoms with E-state index in [0.717, 1.165) is 25.5 Å². The Hall–Kier alpha value is -4.40. The maximum absolute atomic E-state index is 16.7. The Balaban J connectivity index is 1.41. The minimum Gasteiger partial charge on any atom is -0.475 e. The number of nitrogens with zero attached hydrogens (tertiary/aromatic N) is 7. The predicted octanol–water partition coefficient (Wildman–Crippen LogP) is 5.45. The maximum atomic E-state index is 16.7. The second-order valence-electron chi connectivity index (χ2n) is 12.1. The zero-order valence-electron chi connectivity index (χ0n) is 25.1. The van der Waals surface area contributed by atoms with Crippen LogP contribution in [0, 0.1) is 12.7 Å². The molecule has 3 atom stereocenters. The second-order valence-corrected chi connectivity index (χ2v) is 12.1. The third-order valence-electron chi connectivity index (χ3n) is 9.18. The first-order chi connectivity index (χ1) is 21.9. The van der Waals surface area contributed by atoms with E-state index in [1.54, 1.807) is 12.3 Å². The molecule has 2 N–H and O–H groups in total. The summed E-state index contributed by atoms with van der Waals surface area (Å²) in [5.74, 6) is -0.732. The summed E-state index contributed by atoms with van der Waals surface area (Å²) in [5.41, 5.74) is 4.00. The lowest BCUT2D eigenvalue weighted by molar-refractivity contribution is -0.137. The summed E-state index contributed by atoms with van der Waals surface area (Å²) in [6, 6.07) is 4.03.